The van der Waals surface area contributed by atoms with Gasteiger partial charge in [-0.25, -0.2) is 5.43 Å². The third-order valence-corrected chi connectivity index (χ3v) is 4.39. The number of benzene rings is 2. The second kappa shape index (κ2) is 8.55. The predicted molar refractivity (Wildman–Crippen MR) is 108 cm³/mol. The molecule has 27 heavy (non-hydrogen) atoms. The van der Waals surface area contributed by atoms with Crippen LogP contribution in [0.2, 0.25) is 0 Å². The largest absolute Gasteiger partial charge is 0.497 e. The van der Waals surface area contributed by atoms with Crippen LogP contribution in [0.4, 0.5) is 0 Å². The number of hydrogen-bond acceptors (Lipinski definition) is 4. The molecular formula is C20H18BrN3O3. The first-order valence-corrected chi connectivity index (χ1v) is 8.90. The van der Waals surface area contributed by atoms with E-state index in [0.29, 0.717) is 11.3 Å². The van der Waals surface area contributed by atoms with Crippen molar-refractivity contribution in [1.29, 1.82) is 0 Å². The number of nitrogens with one attached hydrogen (secondary N) is 1. The lowest BCUT2D eigenvalue weighted by molar-refractivity contribution is 0.0952. The van der Waals surface area contributed by atoms with Gasteiger partial charge in [-0.1, -0.05) is 15.9 Å². The SMILES string of the molecule is COc1ccc(-n2cccc2/C=N\NC(=O)c2cc(Br)ccc2OC)cc1. The van der Waals surface area contributed by atoms with E-state index >= 15 is 0 Å². The summed E-state index contributed by atoms with van der Waals surface area (Å²) in [5, 5.41) is 4.07. The maximum Gasteiger partial charge on any atom is 0.275 e. The second-order valence-electron chi connectivity index (χ2n) is 5.54. The fourth-order valence-corrected chi connectivity index (χ4v) is 2.91. The van der Waals surface area contributed by atoms with E-state index in [9.17, 15) is 4.79 Å². The monoisotopic (exact) mass is 427 g/mol. The number of rotatable bonds is 6. The molecule has 138 valence electrons. The van der Waals surface area contributed by atoms with E-state index in [1.165, 1.54) is 7.11 Å². The van der Waals surface area contributed by atoms with Crippen molar-refractivity contribution in [2.45, 2.75) is 0 Å². The fourth-order valence-electron chi connectivity index (χ4n) is 2.55. The van der Waals surface area contributed by atoms with Crippen molar-refractivity contribution >= 4 is 28.1 Å². The number of methoxy groups -OCH3 is 2. The number of carbonyl (C=O) groups excluding carboxylic acids is 1. The Hall–Kier alpha value is -3.06. The van der Waals surface area contributed by atoms with Gasteiger partial charge in [0.15, 0.2) is 0 Å². The van der Waals surface area contributed by atoms with Crippen molar-refractivity contribution in [2.24, 2.45) is 5.10 Å². The lowest BCUT2D eigenvalue weighted by Gasteiger charge is -2.08. The molecular weight excluding hydrogens is 410 g/mol. The van der Waals surface area contributed by atoms with Crippen LogP contribution in [0.15, 0.2) is 70.4 Å². The smallest absolute Gasteiger partial charge is 0.275 e. The molecule has 2 aromatic carbocycles. The van der Waals surface area contributed by atoms with Crippen LogP contribution in [0.25, 0.3) is 5.69 Å². The van der Waals surface area contributed by atoms with Crippen LogP contribution in [0.3, 0.4) is 0 Å². The molecule has 1 amide bonds. The average Bonchev–Trinajstić information content (AvgIpc) is 3.16. The second-order valence-corrected chi connectivity index (χ2v) is 6.46. The first kappa shape index (κ1) is 18.7. The Morgan fingerprint density at radius 3 is 2.59 bits per heavy atom. The van der Waals surface area contributed by atoms with Crippen molar-refractivity contribution in [2.75, 3.05) is 14.2 Å². The number of nitrogens with zero attached hydrogens (tertiary/aromatic N) is 2. The number of halogens is 1. The Morgan fingerprint density at radius 2 is 1.89 bits per heavy atom. The molecule has 0 atom stereocenters. The highest BCUT2D eigenvalue weighted by atomic mass is 79.9. The third-order valence-electron chi connectivity index (χ3n) is 3.90. The van der Waals surface area contributed by atoms with Crippen molar-refractivity contribution in [1.82, 2.24) is 9.99 Å². The quantitative estimate of drug-likeness (QED) is 0.477. The Labute approximate surface area is 165 Å². The molecule has 1 heterocycles. The standard InChI is InChI=1S/C20H18BrN3O3/c1-26-17-8-6-15(7-9-17)24-11-3-4-16(24)13-22-23-20(25)18-12-14(21)5-10-19(18)27-2/h3-13H,1-2H3,(H,23,25)/b22-13-. The summed E-state index contributed by atoms with van der Waals surface area (Å²) < 4.78 is 13.1. The molecule has 0 saturated carbocycles. The van der Waals surface area contributed by atoms with Crippen LogP contribution in [-0.4, -0.2) is 30.9 Å². The number of aromatic nitrogens is 1. The molecule has 0 saturated heterocycles. The molecule has 0 unspecified atom stereocenters. The van der Waals surface area contributed by atoms with Crippen LogP contribution in [-0.2, 0) is 0 Å². The number of amides is 1. The van der Waals surface area contributed by atoms with Crippen LogP contribution in [0.1, 0.15) is 16.1 Å². The van der Waals surface area contributed by atoms with E-state index in [2.05, 4.69) is 26.5 Å². The van der Waals surface area contributed by atoms with Gasteiger partial charge in [0, 0.05) is 16.4 Å². The number of ether oxygens (including phenoxy) is 2. The Kier molecular flexibility index (Phi) is 5.93. The Morgan fingerprint density at radius 1 is 1.11 bits per heavy atom. The summed E-state index contributed by atoms with van der Waals surface area (Å²) in [5.74, 6) is 0.913. The maximum atomic E-state index is 12.4. The lowest BCUT2D eigenvalue weighted by atomic mass is 10.2. The van der Waals surface area contributed by atoms with Gasteiger partial charge in [-0.2, -0.15) is 5.10 Å². The number of hydrazone groups is 1. The minimum absolute atomic E-state index is 0.355. The molecule has 0 aliphatic heterocycles. The summed E-state index contributed by atoms with van der Waals surface area (Å²) >= 11 is 3.35. The maximum absolute atomic E-state index is 12.4. The minimum atomic E-state index is -0.355. The van der Waals surface area contributed by atoms with Gasteiger partial charge in [0.2, 0.25) is 0 Å². The zero-order chi connectivity index (χ0) is 19.2. The molecule has 0 radical (unpaired) electrons. The van der Waals surface area contributed by atoms with Crippen LogP contribution >= 0.6 is 15.9 Å². The normalized spacial score (nSPS) is 10.8. The molecule has 1 N–H and O–H groups in total. The van der Waals surface area contributed by atoms with Crippen LogP contribution < -0.4 is 14.9 Å². The third kappa shape index (κ3) is 4.38. The highest BCUT2D eigenvalue weighted by Crippen LogP contribution is 2.22. The molecule has 0 fully saturated rings. The lowest BCUT2D eigenvalue weighted by Crippen LogP contribution is -2.18. The minimum Gasteiger partial charge on any atom is -0.497 e. The van der Waals surface area contributed by atoms with Gasteiger partial charge < -0.3 is 14.0 Å². The molecule has 3 rings (SSSR count). The number of hydrogen-bond donors (Lipinski definition) is 1. The molecule has 6 nitrogen and oxygen atoms in total. The highest BCUT2D eigenvalue weighted by molar-refractivity contribution is 9.10. The average molecular weight is 428 g/mol. The molecule has 1 aromatic heterocycles. The molecule has 0 aliphatic rings. The van der Waals surface area contributed by atoms with Gasteiger partial charge in [0.25, 0.3) is 5.91 Å². The summed E-state index contributed by atoms with van der Waals surface area (Å²) in [6.45, 7) is 0. The molecule has 0 bridgehead atoms. The molecule has 0 spiro atoms. The van der Waals surface area contributed by atoms with E-state index < -0.39 is 0 Å². The first-order valence-electron chi connectivity index (χ1n) is 8.11. The van der Waals surface area contributed by atoms with Crippen molar-refractivity contribution < 1.29 is 14.3 Å². The number of carbonyl (C=O) groups is 1. The van der Waals surface area contributed by atoms with E-state index in [-0.39, 0.29) is 5.91 Å². The van der Waals surface area contributed by atoms with Crippen molar-refractivity contribution in [3.63, 3.8) is 0 Å². The van der Waals surface area contributed by atoms with Gasteiger partial charge in [-0.15, -0.1) is 0 Å². The van der Waals surface area contributed by atoms with Gasteiger partial charge in [0.1, 0.15) is 11.5 Å². The topological polar surface area (TPSA) is 64.8 Å². The van der Waals surface area contributed by atoms with E-state index in [1.807, 2.05) is 47.2 Å². The zero-order valence-corrected chi connectivity index (χ0v) is 16.4. The molecule has 3 aromatic rings. The Bertz CT molecular complexity index is 965. The fraction of sp³-hybridized carbons (Fsp3) is 0.100. The summed E-state index contributed by atoms with van der Waals surface area (Å²) in [7, 11) is 3.15. The van der Waals surface area contributed by atoms with Crippen molar-refractivity contribution in [3.8, 4) is 17.2 Å². The first-order chi connectivity index (χ1) is 13.1. The van der Waals surface area contributed by atoms with Gasteiger partial charge in [-0.05, 0) is 54.6 Å². The van der Waals surface area contributed by atoms with Gasteiger partial charge in [-0.3, -0.25) is 4.79 Å². The zero-order valence-electron chi connectivity index (χ0n) is 14.8. The van der Waals surface area contributed by atoms with Crippen LogP contribution in [0, 0.1) is 0 Å². The highest BCUT2D eigenvalue weighted by Gasteiger charge is 2.12. The Balaban J connectivity index is 1.75. The molecule has 7 heteroatoms. The predicted octanol–water partition coefficient (Wildman–Crippen LogP) is 4.02. The van der Waals surface area contributed by atoms with Crippen molar-refractivity contribution in [3.05, 3.63) is 76.5 Å². The summed E-state index contributed by atoms with van der Waals surface area (Å²) in [5.41, 5.74) is 4.71. The van der Waals surface area contributed by atoms with Crippen LogP contribution in [0.5, 0.6) is 11.5 Å². The summed E-state index contributed by atoms with van der Waals surface area (Å²) in [6, 6.07) is 16.7. The van der Waals surface area contributed by atoms with E-state index in [0.717, 1.165) is 21.6 Å². The summed E-state index contributed by atoms with van der Waals surface area (Å²) in [6.07, 6.45) is 3.51. The van der Waals surface area contributed by atoms with E-state index in [4.69, 9.17) is 9.47 Å². The van der Waals surface area contributed by atoms with Gasteiger partial charge >= 0.3 is 0 Å². The van der Waals surface area contributed by atoms with E-state index in [1.54, 1.807) is 31.5 Å². The molecule has 0 aliphatic carbocycles. The van der Waals surface area contributed by atoms with Gasteiger partial charge in [0.05, 0.1) is 31.7 Å². The summed E-state index contributed by atoms with van der Waals surface area (Å²) in [4.78, 5) is 12.4.